The quantitative estimate of drug-likeness (QED) is 0.454. The van der Waals surface area contributed by atoms with Gasteiger partial charge in [0.1, 0.15) is 6.04 Å². The summed E-state index contributed by atoms with van der Waals surface area (Å²) in [5, 5.41) is 15.1. The minimum absolute atomic E-state index is 0.0183. The molecule has 1 spiro atoms. The fraction of sp³-hybridized carbons (Fsp3) is 0.640. The van der Waals surface area contributed by atoms with Crippen LogP contribution in [0.3, 0.4) is 0 Å². The van der Waals surface area contributed by atoms with Crippen LogP contribution in [-0.2, 0) is 14.4 Å². The lowest BCUT2D eigenvalue weighted by molar-refractivity contribution is -0.139. The topological polar surface area (TPSA) is 98.7 Å². The zero-order valence-corrected chi connectivity index (χ0v) is 20.3. The van der Waals surface area contributed by atoms with Gasteiger partial charge in [0, 0.05) is 30.1 Å². The average molecular weight is 474 g/mol. The largest absolute Gasteiger partial charge is 0.396 e. The van der Waals surface area contributed by atoms with Crippen LogP contribution in [0.25, 0.3) is 0 Å². The van der Waals surface area contributed by atoms with Gasteiger partial charge in [0.25, 0.3) is 0 Å². The van der Waals surface area contributed by atoms with Gasteiger partial charge in [-0.2, -0.15) is 0 Å². The fourth-order valence-electron chi connectivity index (χ4n) is 5.85. The van der Waals surface area contributed by atoms with Crippen molar-refractivity contribution < 1.29 is 19.5 Å². The number of thioether (sulfide) groups is 1. The van der Waals surface area contributed by atoms with E-state index in [-0.39, 0.29) is 35.6 Å². The molecular weight excluding hydrogens is 438 g/mol. The van der Waals surface area contributed by atoms with E-state index in [1.165, 1.54) is 0 Å². The zero-order valence-electron chi connectivity index (χ0n) is 19.5. The zero-order chi connectivity index (χ0) is 23.6. The number of carbonyl (C=O) groups is 3. The first kappa shape index (κ1) is 24.1. The second kappa shape index (κ2) is 10.1. The van der Waals surface area contributed by atoms with Crippen LogP contribution in [0.15, 0.2) is 30.3 Å². The second-order valence-electron chi connectivity index (χ2n) is 9.74. The van der Waals surface area contributed by atoms with Crippen molar-refractivity contribution in [2.24, 2.45) is 11.8 Å². The number of rotatable bonds is 10. The van der Waals surface area contributed by atoms with E-state index in [2.05, 4.69) is 10.6 Å². The molecule has 3 saturated heterocycles. The van der Waals surface area contributed by atoms with Crippen LogP contribution in [0.5, 0.6) is 0 Å². The molecule has 1 aromatic rings. The monoisotopic (exact) mass is 473 g/mol. The number of benzene rings is 1. The van der Waals surface area contributed by atoms with Gasteiger partial charge in [0.2, 0.25) is 17.7 Å². The molecule has 0 aliphatic carbocycles. The lowest BCUT2D eigenvalue weighted by Gasteiger charge is -2.34. The van der Waals surface area contributed by atoms with E-state index in [1.807, 2.05) is 44.2 Å². The number of fused-ring (bicyclic) bond motifs is 1. The normalized spacial score (nSPS) is 30.1. The third kappa shape index (κ3) is 4.52. The lowest BCUT2D eigenvalue weighted by Crippen LogP contribution is -2.54. The number of hydrogen-bond acceptors (Lipinski definition) is 5. The molecule has 3 aliphatic rings. The Balaban J connectivity index is 1.58. The van der Waals surface area contributed by atoms with Gasteiger partial charge in [0.05, 0.1) is 16.6 Å². The van der Waals surface area contributed by atoms with Crippen molar-refractivity contribution in [2.45, 2.75) is 74.5 Å². The average Bonchev–Trinajstić information content (AvgIpc) is 3.41. The van der Waals surface area contributed by atoms with E-state index >= 15 is 0 Å². The van der Waals surface area contributed by atoms with Crippen molar-refractivity contribution >= 4 is 35.2 Å². The molecular formula is C25H35N3O4S. The third-order valence-corrected chi connectivity index (χ3v) is 9.08. The van der Waals surface area contributed by atoms with Crippen LogP contribution in [0.4, 0.5) is 5.69 Å². The summed E-state index contributed by atoms with van der Waals surface area (Å²) in [6, 6.07) is 8.78. The maximum absolute atomic E-state index is 13.8. The van der Waals surface area contributed by atoms with E-state index in [0.29, 0.717) is 6.54 Å². The van der Waals surface area contributed by atoms with Gasteiger partial charge in [-0.15, -0.1) is 11.8 Å². The number of aliphatic hydroxyl groups is 1. The van der Waals surface area contributed by atoms with Crippen LogP contribution in [0.1, 0.15) is 52.4 Å². The van der Waals surface area contributed by atoms with Crippen molar-refractivity contribution in [3.05, 3.63) is 30.3 Å². The van der Waals surface area contributed by atoms with Crippen molar-refractivity contribution in [3.63, 3.8) is 0 Å². The van der Waals surface area contributed by atoms with Crippen LogP contribution < -0.4 is 10.6 Å². The second-order valence-corrected chi connectivity index (χ2v) is 11.3. The van der Waals surface area contributed by atoms with E-state index < -0.39 is 22.6 Å². The van der Waals surface area contributed by atoms with Gasteiger partial charge in [-0.1, -0.05) is 31.0 Å². The number of unbranched alkanes of at least 4 members (excludes halogenated alkanes) is 3. The minimum atomic E-state index is -0.542. The van der Waals surface area contributed by atoms with Gasteiger partial charge in [-0.25, -0.2) is 0 Å². The molecule has 0 saturated carbocycles. The number of hydrogen-bond donors (Lipinski definition) is 3. The SMILES string of the molecule is CC(C)NC(=O)C1N(CCCCCCO)C(=O)[C@@H]2[C@H](C(=O)Nc3ccccc3)[C@@H]3CCC12S3. The highest BCUT2D eigenvalue weighted by atomic mass is 32.2. The first-order chi connectivity index (χ1) is 15.9. The summed E-state index contributed by atoms with van der Waals surface area (Å²) in [6.07, 6.45) is 4.96. The van der Waals surface area contributed by atoms with Gasteiger partial charge in [-0.3, -0.25) is 14.4 Å². The molecule has 5 atom stereocenters. The summed E-state index contributed by atoms with van der Waals surface area (Å²) < 4.78 is -0.537. The summed E-state index contributed by atoms with van der Waals surface area (Å²) in [5.41, 5.74) is 0.726. The number of anilines is 1. The maximum Gasteiger partial charge on any atom is 0.244 e. The Morgan fingerprint density at radius 3 is 2.58 bits per heavy atom. The Labute approximate surface area is 200 Å². The molecule has 0 radical (unpaired) electrons. The first-order valence-corrected chi connectivity index (χ1v) is 13.0. The highest BCUT2D eigenvalue weighted by Crippen LogP contribution is 2.66. The molecule has 4 rings (SSSR count). The number of nitrogens with one attached hydrogen (secondary N) is 2. The molecule has 7 nitrogen and oxygen atoms in total. The van der Waals surface area contributed by atoms with Gasteiger partial charge >= 0.3 is 0 Å². The number of para-hydroxylation sites is 1. The van der Waals surface area contributed by atoms with E-state index in [4.69, 9.17) is 5.11 Å². The Bertz CT molecular complexity index is 880. The van der Waals surface area contributed by atoms with Gasteiger partial charge < -0.3 is 20.6 Å². The molecule has 3 fully saturated rings. The standard InChI is InChI=1S/C25H35N3O4S/c1-16(2)26-23(31)21-25-13-12-18(33-25)19(22(30)27-17-10-6-5-7-11-17)20(25)24(32)28(21)14-8-3-4-9-15-29/h5-7,10-11,16,18-21,29H,3-4,8-9,12-15H2,1-2H3,(H,26,31)(H,27,30)/t18-,19+,20-,21?,25?/m0/s1. The molecule has 3 heterocycles. The predicted molar refractivity (Wildman–Crippen MR) is 130 cm³/mol. The number of nitrogens with zero attached hydrogens (tertiary/aromatic N) is 1. The fourth-order valence-corrected chi connectivity index (χ4v) is 8.07. The molecule has 3 amide bonds. The molecule has 3 N–H and O–H groups in total. The molecule has 0 aromatic heterocycles. The van der Waals surface area contributed by atoms with Crippen LogP contribution in [-0.4, -0.2) is 63.0 Å². The summed E-state index contributed by atoms with van der Waals surface area (Å²) in [6.45, 7) is 4.54. The number of aliphatic hydroxyl groups excluding tert-OH is 1. The molecule has 8 heteroatoms. The smallest absolute Gasteiger partial charge is 0.244 e. The van der Waals surface area contributed by atoms with Crippen molar-refractivity contribution in [2.75, 3.05) is 18.5 Å². The predicted octanol–water partition coefficient (Wildman–Crippen LogP) is 2.79. The number of carbonyl (C=O) groups excluding carboxylic acids is 3. The minimum Gasteiger partial charge on any atom is -0.396 e. The Hall–Kier alpha value is -2.06. The van der Waals surface area contributed by atoms with Gasteiger partial charge in [-0.05, 0) is 51.7 Å². The Morgan fingerprint density at radius 2 is 1.88 bits per heavy atom. The van der Waals surface area contributed by atoms with Crippen molar-refractivity contribution in [1.29, 1.82) is 0 Å². The van der Waals surface area contributed by atoms with E-state index in [0.717, 1.165) is 44.2 Å². The Morgan fingerprint density at radius 1 is 1.15 bits per heavy atom. The molecule has 3 aliphatic heterocycles. The number of amides is 3. The van der Waals surface area contributed by atoms with Crippen LogP contribution >= 0.6 is 11.8 Å². The highest BCUT2D eigenvalue weighted by Gasteiger charge is 2.73. The Kier molecular flexibility index (Phi) is 7.34. The molecule has 180 valence electrons. The first-order valence-electron chi connectivity index (χ1n) is 12.1. The molecule has 2 bridgehead atoms. The summed E-state index contributed by atoms with van der Waals surface area (Å²) >= 11 is 1.70. The van der Waals surface area contributed by atoms with Gasteiger partial charge in [0.15, 0.2) is 0 Å². The highest BCUT2D eigenvalue weighted by molar-refractivity contribution is 8.02. The molecule has 2 unspecified atom stereocenters. The summed E-state index contributed by atoms with van der Waals surface area (Å²) in [5.74, 6) is -1.17. The molecule has 33 heavy (non-hydrogen) atoms. The van der Waals surface area contributed by atoms with Crippen LogP contribution in [0.2, 0.25) is 0 Å². The lowest BCUT2D eigenvalue weighted by atomic mass is 9.70. The number of likely N-dealkylation sites (tertiary alicyclic amines) is 1. The third-order valence-electron chi connectivity index (χ3n) is 7.13. The van der Waals surface area contributed by atoms with Crippen LogP contribution in [0, 0.1) is 11.8 Å². The maximum atomic E-state index is 13.8. The van der Waals surface area contributed by atoms with E-state index in [1.54, 1.807) is 16.7 Å². The van der Waals surface area contributed by atoms with Crippen molar-refractivity contribution in [3.8, 4) is 0 Å². The summed E-state index contributed by atoms with van der Waals surface area (Å²) in [7, 11) is 0. The molecule has 1 aromatic carbocycles. The summed E-state index contributed by atoms with van der Waals surface area (Å²) in [4.78, 5) is 42.3. The van der Waals surface area contributed by atoms with Crippen molar-refractivity contribution in [1.82, 2.24) is 10.2 Å². The van der Waals surface area contributed by atoms with E-state index in [9.17, 15) is 14.4 Å².